The van der Waals surface area contributed by atoms with E-state index in [9.17, 15) is 0 Å². The van der Waals surface area contributed by atoms with Crippen molar-refractivity contribution in [2.45, 2.75) is 13.5 Å². The molecule has 114 valence electrons. The molecule has 3 heterocycles. The molecule has 5 nitrogen and oxygen atoms in total. The molecule has 0 atom stereocenters. The number of aryl methyl sites for hydroxylation is 1. The highest BCUT2D eigenvalue weighted by atomic mass is 35.5. The fourth-order valence-corrected chi connectivity index (χ4v) is 3.44. The molecule has 1 aromatic carbocycles. The van der Waals surface area contributed by atoms with Crippen LogP contribution < -0.4 is 0 Å². The maximum absolute atomic E-state index is 6.25. The van der Waals surface area contributed by atoms with Gasteiger partial charge in [0, 0.05) is 18.0 Å². The van der Waals surface area contributed by atoms with E-state index >= 15 is 0 Å². The van der Waals surface area contributed by atoms with Gasteiger partial charge in [0.25, 0.3) is 0 Å². The van der Waals surface area contributed by atoms with Crippen LogP contribution >= 0.6 is 22.9 Å². The number of rotatable bonds is 3. The average Bonchev–Trinajstić information content (AvgIpc) is 3.14. The zero-order chi connectivity index (χ0) is 15.8. The molecule has 0 radical (unpaired) electrons. The van der Waals surface area contributed by atoms with Crippen LogP contribution in [-0.2, 0) is 6.54 Å². The van der Waals surface area contributed by atoms with E-state index in [0.29, 0.717) is 11.6 Å². The van der Waals surface area contributed by atoms with Gasteiger partial charge in [-0.1, -0.05) is 29.0 Å². The van der Waals surface area contributed by atoms with Gasteiger partial charge in [0.1, 0.15) is 10.0 Å². The second-order valence-corrected chi connectivity index (χ2v) is 6.82. The zero-order valence-electron chi connectivity index (χ0n) is 12.3. The number of hydrogen-bond acceptors (Lipinski definition) is 5. The Morgan fingerprint density at radius 2 is 2.13 bits per heavy atom. The van der Waals surface area contributed by atoms with Gasteiger partial charge in [-0.25, -0.2) is 4.98 Å². The fraction of sp³-hybridized carbons (Fsp3) is 0.125. The standard InChI is InChI=1S/C16H12ClN5S/c1-10-20-21-16(23-10)8-22-9-19-14-3-2-11(6-15(14)22)12-4-5-18-7-13(12)17/h2-7,9H,8H2,1H3. The Morgan fingerprint density at radius 3 is 2.91 bits per heavy atom. The first-order valence-electron chi connectivity index (χ1n) is 7.04. The summed E-state index contributed by atoms with van der Waals surface area (Å²) in [4.78, 5) is 8.49. The number of pyridine rings is 1. The molecule has 23 heavy (non-hydrogen) atoms. The highest BCUT2D eigenvalue weighted by Gasteiger charge is 2.09. The second kappa shape index (κ2) is 5.72. The van der Waals surface area contributed by atoms with E-state index in [1.54, 1.807) is 23.7 Å². The van der Waals surface area contributed by atoms with Crippen LogP contribution in [0, 0.1) is 6.92 Å². The Balaban J connectivity index is 1.78. The molecule has 0 amide bonds. The predicted molar refractivity (Wildman–Crippen MR) is 91.7 cm³/mol. The van der Waals surface area contributed by atoms with Gasteiger partial charge in [-0.05, 0) is 30.7 Å². The van der Waals surface area contributed by atoms with Crippen molar-refractivity contribution in [2.75, 3.05) is 0 Å². The zero-order valence-corrected chi connectivity index (χ0v) is 13.8. The van der Waals surface area contributed by atoms with Crippen molar-refractivity contribution in [3.8, 4) is 11.1 Å². The number of nitrogens with zero attached hydrogens (tertiary/aromatic N) is 5. The van der Waals surface area contributed by atoms with Crippen LogP contribution in [0.15, 0.2) is 43.0 Å². The van der Waals surface area contributed by atoms with Gasteiger partial charge in [-0.2, -0.15) is 0 Å². The lowest BCUT2D eigenvalue weighted by molar-refractivity contribution is 0.798. The van der Waals surface area contributed by atoms with Crippen LogP contribution in [0.5, 0.6) is 0 Å². The average molecular weight is 342 g/mol. The summed E-state index contributed by atoms with van der Waals surface area (Å²) in [6.07, 6.45) is 5.23. The second-order valence-electron chi connectivity index (χ2n) is 5.15. The van der Waals surface area contributed by atoms with E-state index in [0.717, 1.165) is 32.2 Å². The van der Waals surface area contributed by atoms with Crippen molar-refractivity contribution >= 4 is 34.0 Å². The number of aromatic nitrogens is 5. The van der Waals surface area contributed by atoms with Gasteiger partial charge in [-0.3, -0.25) is 4.98 Å². The molecule has 0 aliphatic heterocycles. The third kappa shape index (κ3) is 2.71. The van der Waals surface area contributed by atoms with Crippen molar-refractivity contribution < 1.29 is 0 Å². The number of benzene rings is 1. The SMILES string of the molecule is Cc1nnc(Cn2cnc3ccc(-c4ccncc4Cl)cc32)s1. The predicted octanol–water partition coefficient (Wildman–Crippen LogP) is 3.96. The molecule has 0 N–H and O–H groups in total. The van der Waals surface area contributed by atoms with Crippen LogP contribution in [0.4, 0.5) is 0 Å². The summed E-state index contributed by atoms with van der Waals surface area (Å²) in [5, 5.41) is 10.8. The molecule has 0 spiro atoms. The Kier molecular flexibility index (Phi) is 3.55. The number of hydrogen-bond donors (Lipinski definition) is 0. The maximum atomic E-state index is 6.25. The van der Waals surface area contributed by atoms with Crippen LogP contribution in [-0.4, -0.2) is 24.7 Å². The molecule has 4 rings (SSSR count). The van der Waals surface area contributed by atoms with Gasteiger partial charge in [0.15, 0.2) is 0 Å². The number of imidazole rings is 1. The monoisotopic (exact) mass is 341 g/mol. The van der Waals surface area contributed by atoms with Crippen LogP contribution in [0.3, 0.4) is 0 Å². The van der Waals surface area contributed by atoms with Crippen molar-refractivity contribution in [3.05, 3.63) is 58.0 Å². The highest BCUT2D eigenvalue weighted by molar-refractivity contribution is 7.11. The number of fused-ring (bicyclic) bond motifs is 1. The van der Waals surface area contributed by atoms with Crippen LogP contribution in [0.25, 0.3) is 22.2 Å². The minimum absolute atomic E-state index is 0.637. The highest BCUT2D eigenvalue weighted by Crippen LogP contribution is 2.29. The summed E-state index contributed by atoms with van der Waals surface area (Å²) < 4.78 is 2.08. The molecule has 0 saturated carbocycles. The Labute approximate surface area is 141 Å². The first kappa shape index (κ1) is 14.3. The quantitative estimate of drug-likeness (QED) is 0.566. The Bertz CT molecular complexity index is 991. The van der Waals surface area contributed by atoms with E-state index in [1.165, 1.54) is 0 Å². The molecular weight excluding hydrogens is 330 g/mol. The third-order valence-corrected chi connectivity index (χ3v) is 4.70. The van der Waals surface area contributed by atoms with Crippen LogP contribution in [0.2, 0.25) is 5.02 Å². The van der Waals surface area contributed by atoms with E-state index < -0.39 is 0 Å². The Morgan fingerprint density at radius 1 is 1.22 bits per heavy atom. The van der Waals surface area contributed by atoms with Gasteiger partial charge >= 0.3 is 0 Å². The normalized spacial score (nSPS) is 11.2. The van der Waals surface area contributed by atoms with Gasteiger partial charge in [0.05, 0.1) is 28.9 Å². The van der Waals surface area contributed by atoms with Gasteiger partial charge < -0.3 is 4.57 Å². The van der Waals surface area contributed by atoms with Gasteiger partial charge in [-0.15, -0.1) is 10.2 Å². The molecule has 0 unspecified atom stereocenters. The lowest BCUT2D eigenvalue weighted by Gasteiger charge is -2.06. The van der Waals surface area contributed by atoms with Crippen molar-refractivity contribution in [3.63, 3.8) is 0 Å². The summed E-state index contributed by atoms with van der Waals surface area (Å²) in [6.45, 7) is 2.62. The summed E-state index contributed by atoms with van der Waals surface area (Å²) in [5.74, 6) is 0. The first-order valence-corrected chi connectivity index (χ1v) is 8.24. The lowest BCUT2D eigenvalue weighted by atomic mass is 10.1. The van der Waals surface area contributed by atoms with E-state index in [1.807, 2.05) is 31.5 Å². The first-order chi connectivity index (χ1) is 11.2. The summed E-state index contributed by atoms with van der Waals surface area (Å²) in [5.41, 5.74) is 3.99. The minimum atomic E-state index is 0.637. The van der Waals surface area contributed by atoms with E-state index in [2.05, 4.69) is 30.8 Å². The summed E-state index contributed by atoms with van der Waals surface area (Å²) in [7, 11) is 0. The molecular formula is C16H12ClN5S. The molecule has 0 aliphatic carbocycles. The maximum Gasteiger partial charge on any atom is 0.137 e. The lowest BCUT2D eigenvalue weighted by Crippen LogP contribution is -1.97. The molecule has 0 fully saturated rings. The molecule has 4 aromatic rings. The number of halogens is 1. The van der Waals surface area contributed by atoms with Crippen molar-refractivity contribution in [1.29, 1.82) is 0 Å². The van der Waals surface area contributed by atoms with Crippen molar-refractivity contribution in [1.82, 2.24) is 24.7 Å². The minimum Gasteiger partial charge on any atom is -0.324 e. The van der Waals surface area contributed by atoms with Gasteiger partial charge in [0.2, 0.25) is 0 Å². The summed E-state index contributed by atoms with van der Waals surface area (Å²) in [6, 6.07) is 8.04. The van der Waals surface area contributed by atoms with Crippen molar-refractivity contribution in [2.24, 2.45) is 0 Å². The molecule has 7 heteroatoms. The fourth-order valence-electron chi connectivity index (χ4n) is 2.51. The molecule has 0 saturated heterocycles. The van der Waals surface area contributed by atoms with E-state index in [4.69, 9.17) is 11.6 Å². The summed E-state index contributed by atoms with van der Waals surface area (Å²) >= 11 is 7.85. The molecule has 0 bridgehead atoms. The molecule has 3 aromatic heterocycles. The topological polar surface area (TPSA) is 56.5 Å². The molecule has 0 aliphatic rings. The third-order valence-electron chi connectivity index (χ3n) is 3.58. The largest absolute Gasteiger partial charge is 0.324 e. The van der Waals surface area contributed by atoms with E-state index in [-0.39, 0.29) is 0 Å². The Hall–Kier alpha value is -2.31. The van der Waals surface area contributed by atoms with Crippen LogP contribution in [0.1, 0.15) is 10.0 Å². The smallest absolute Gasteiger partial charge is 0.137 e.